The zero-order valence-electron chi connectivity index (χ0n) is 13.4. The van der Waals surface area contributed by atoms with Crippen molar-refractivity contribution in [3.05, 3.63) is 30.2 Å². The van der Waals surface area contributed by atoms with E-state index in [-0.39, 0.29) is 16.3 Å². The molecule has 0 radical (unpaired) electrons. The lowest BCUT2D eigenvalue weighted by Crippen LogP contribution is -2.41. The second-order valence-electron chi connectivity index (χ2n) is 5.61. The van der Waals surface area contributed by atoms with Gasteiger partial charge in [0, 0.05) is 23.0 Å². The van der Waals surface area contributed by atoms with Crippen LogP contribution < -0.4 is 3.89 Å². The van der Waals surface area contributed by atoms with E-state index in [4.69, 9.17) is 4.74 Å². The van der Waals surface area contributed by atoms with Crippen LogP contribution in [-0.2, 0) is 16.0 Å². The Balaban J connectivity index is 2.20. The van der Waals surface area contributed by atoms with Gasteiger partial charge in [-0.25, -0.2) is 14.8 Å². The van der Waals surface area contributed by atoms with Crippen LogP contribution in [0.15, 0.2) is 24.4 Å². The lowest BCUT2D eigenvalue weighted by molar-refractivity contribution is 0.0512. The molecule has 1 atom stereocenters. The Morgan fingerprint density at radius 3 is 2.79 bits per heavy atom. The first kappa shape index (κ1) is 16.5. The summed E-state index contributed by atoms with van der Waals surface area (Å²) in [5.41, 5.74) is 2.67. The van der Waals surface area contributed by atoms with Gasteiger partial charge in [0.1, 0.15) is 11.2 Å². The molecular weight excluding hydrogens is 332 g/mol. The topological polar surface area (TPSA) is 105 Å². The van der Waals surface area contributed by atoms with Gasteiger partial charge in [-0.2, -0.15) is 8.10 Å². The number of aromatic nitrogens is 3. The first-order valence-electron chi connectivity index (χ1n) is 7.26. The summed E-state index contributed by atoms with van der Waals surface area (Å²) in [5.74, 6) is -0.604. The summed E-state index contributed by atoms with van der Waals surface area (Å²) < 4.78 is 25.8. The second-order valence-corrected chi connectivity index (χ2v) is 6.99. The van der Waals surface area contributed by atoms with Crippen molar-refractivity contribution in [3.63, 3.8) is 0 Å². The highest BCUT2D eigenvalue weighted by molar-refractivity contribution is 7.78. The van der Waals surface area contributed by atoms with Crippen LogP contribution in [0.3, 0.4) is 0 Å². The average molecular weight is 349 g/mol. The fraction of sp³-hybridized carbons (Fsp3) is 0.267. The summed E-state index contributed by atoms with van der Waals surface area (Å²) >= 11 is -2.09. The number of hydrogen-bond donors (Lipinski definition) is 2. The third kappa shape index (κ3) is 2.66. The summed E-state index contributed by atoms with van der Waals surface area (Å²) in [6.07, 6.45) is 1.53. The first-order valence-corrected chi connectivity index (χ1v) is 8.32. The molecule has 126 valence electrons. The summed E-state index contributed by atoms with van der Waals surface area (Å²) in [5, 5.41) is 0.743. The second kappa shape index (κ2) is 5.93. The van der Waals surface area contributed by atoms with Gasteiger partial charge < -0.3 is 9.72 Å². The number of esters is 1. The van der Waals surface area contributed by atoms with Crippen molar-refractivity contribution in [1.29, 1.82) is 0 Å². The van der Waals surface area contributed by atoms with E-state index in [0.29, 0.717) is 16.7 Å². The minimum Gasteiger partial charge on any atom is -0.460 e. The van der Waals surface area contributed by atoms with Gasteiger partial charge in [0.25, 0.3) is 0 Å². The van der Waals surface area contributed by atoms with E-state index in [1.54, 1.807) is 33.2 Å². The number of carbonyl (C=O) groups excluding carboxylic acids is 1. The number of hydrogen-bond acceptors (Lipinski definition) is 5. The van der Waals surface area contributed by atoms with Crippen LogP contribution >= 0.6 is 0 Å². The fourth-order valence-electron chi connectivity index (χ4n) is 2.38. The highest BCUT2D eigenvalue weighted by Gasteiger charge is 2.27. The third-order valence-corrected chi connectivity index (χ3v) is 4.78. The van der Waals surface area contributed by atoms with Crippen molar-refractivity contribution in [2.75, 3.05) is 20.7 Å². The SMILES string of the molecule is CCOC(=O)c1ncc2[nH]c3ccc([N+](C)(C)S(=O)O)cc3c2n1. The minimum absolute atomic E-state index is 0.0184. The molecule has 0 saturated heterocycles. The normalized spacial score (nSPS) is 13.3. The number of quaternary nitrogens is 1. The number of ether oxygens (including phenoxy) is 1. The standard InChI is InChI=1S/C15H16N4O4S/c1-4-23-15(20)14-16-8-12-13(18-14)10-7-9(5-6-11(10)17-12)19(2,3)24(21)22/h5-8H,4H2,1-3H3,(H-,16,17,18,20,21,22)/p+1. The molecule has 9 heteroatoms. The molecule has 0 bridgehead atoms. The molecule has 0 aliphatic carbocycles. The van der Waals surface area contributed by atoms with Gasteiger partial charge in [0.2, 0.25) is 5.82 Å². The van der Waals surface area contributed by atoms with Crippen molar-refractivity contribution in [2.24, 2.45) is 0 Å². The maximum absolute atomic E-state index is 11.8. The molecule has 3 aromatic rings. The van der Waals surface area contributed by atoms with E-state index in [9.17, 15) is 13.6 Å². The van der Waals surface area contributed by atoms with Crippen molar-refractivity contribution in [3.8, 4) is 0 Å². The molecule has 0 spiro atoms. The average Bonchev–Trinajstić information content (AvgIpc) is 2.91. The maximum atomic E-state index is 11.8. The van der Waals surface area contributed by atoms with Crippen LogP contribution in [-0.4, -0.2) is 50.4 Å². The molecule has 3 rings (SSSR count). The lowest BCUT2D eigenvalue weighted by atomic mass is 10.2. The minimum atomic E-state index is -2.09. The zero-order chi connectivity index (χ0) is 17.5. The summed E-state index contributed by atoms with van der Waals surface area (Å²) in [6, 6.07) is 5.36. The lowest BCUT2D eigenvalue weighted by Gasteiger charge is -2.22. The molecule has 0 fully saturated rings. The quantitative estimate of drug-likeness (QED) is 0.424. The van der Waals surface area contributed by atoms with Crippen LogP contribution in [0.25, 0.3) is 21.9 Å². The Kier molecular flexibility index (Phi) is 4.08. The van der Waals surface area contributed by atoms with E-state index in [1.807, 2.05) is 6.07 Å². The molecule has 1 unspecified atom stereocenters. The number of carbonyl (C=O) groups is 1. The van der Waals surface area contributed by atoms with Gasteiger partial charge >= 0.3 is 17.2 Å². The predicted molar refractivity (Wildman–Crippen MR) is 91.8 cm³/mol. The van der Waals surface area contributed by atoms with Gasteiger partial charge in [-0.3, -0.25) is 4.55 Å². The fourth-order valence-corrected chi connectivity index (χ4v) is 2.67. The summed E-state index contributed by atoms with van der Waals surface area (Å²) in [6.45, 7) is 1.95. The molecule has 0 aliphatic rings. The summed E-state index contributed by atoms with van der Waals surface area (Å²) in [7, 11) is 3.26. The Morgan fingerprint density at radius 1 is 1.38 bits per heavy atom. The molecule has 2 aromatic heterocycles. The Morgan fingerprint density at radius 2 is 2.12 bits per heavy atom. The molecule has 8 nitrogen and oxygen atoms in total. The van der Waals surface area contributed by atoms with Crippen LogP contribution in [0, 0.1) is 0 Å². The first-order chi connectivity index (χ1) is 11.3. The van der Waals surface area contributed by atoms with Crippen LogP contribution in [0.2, 0.25) is 0 Å². The van der Waals surface area contributed by atoms with E-state index < -0.39 is 17.2 Å². The predicted octanol–water partition coefficient (Wildman–Crippen LogP) is 1.99. The molecule has 0 saturated carbocycles. The van der Waals surface area contributed by atoms with Crippen LogP contribution in [0.1, 0.15) is 17.5 Å². The number of fused-ring (bicyclic) bond motifs is 3. The van der Waals surface area contributed by atoms with E-state index >= 15 is 0 Å². The third-order valence-electron chi connectivity index (χ3n) is 3.79. The van der Waals surface area contributed by atoms with Gasteiger partial charge in [0.15, 0.2) is 0 Å². The van der Waals surface area contributed by atoms with Gasteiger partial charge in [-0.1, -0.05) is 0 Å². The largest absolute Gasteiger partial charge is 0.460 e. The van der Waals surface area contributed by atoms with Crippen molar-refractivity contribution < 1.29 is 18.3 Å². The molecular formula is C15H17N4O4S+. The van der Waals surface area contributed by atoms with Gasteiger partial charge in [-0.05, 0) is 13.0 Å². The van der Waals surface area contributed by atoms with Crippen molar-refractivity contribution in [1.82, 2.24) is 18.8 Å². The molecule has 0 aliphatic heterocycles. The smallest absolute Gasteiger partial charge is 0.376 e. The number of nitrogens with zero attached hydrogens (tertiary/aromatic N) is 3. The van der Waals surface area contributed by atoms with Gasteiger partial charge in [-0.15, -0.1) is 0 Å². The van der Waals surface area contributed by atoms with Crippen molar-refractivity contribution >= 4 is 44.9 Å². The van der Waals surface area contributed by atoms with Crippen LogP contribution in [0.4, 0.5) is 5.69 Å². The Labute approximate surface area is 140 Å². The number of nitrogens with one attached hydrogen (secondary N) is 1. The van der Waals surface area contributed by atoms with E-state index in [2.05, 4.69) is 15.0 Å². The highest BCUT2D eigenvalue weighted by Crippen LogP contribution is 2.30. The van der Waals surface area contributed by atoms with Crippen molar-refractivity contribution in [2.45, 2.75) is 6.92 Å². The number of rotatable bonds is 4. The molecule has 0 amide bonds. The summed E-state index contributed by atoms with van der Waals surface area (Å²) in [4.78, 5) is 23.3. The maximum Gasteiger partial charge on any atom is 0.376 e. The highest BCUT2D eigenvalue weighted by atomic mass is 32.2. The molecule has 24 heavy (non-hydrogen) atoms. The zero-order valence-corrected chi connectivity index (χ0v) is 14.3. The number of H-pyrrole nitrogens is 1. The number of aromatic amines is 1. The monoisotopic (exact) mass is 349 g/mol. The Bertz CT molecular complexity index is 967. The van der Waals surface area contributed by atoms with Crippen LogP contribution in [0.5, 0.6) is 0 Å². The van der Waals surface area contributed by atoms with E-state index in [1.165, 1.54) is 6.20 Å². The number of benzene rings is 1. The molecule has 1 aromatic carbocycles. The molecule has 2 N–H and O–H groups in total. The molecule has 2 heterocycles. The Hall–Kier alpha value is -2.36. The van der Waals surface area contributed by atoms with E-state index in [0.717, 1.165) is 10.9 Å². The van der Waals surface area contributed by atoms with Gasteiger partial charge in [0.05, 0.1) is 32.4 Å².